The first-order chi connectivity index (χ1) is 14.3. The van der Waals surface area contributed by atoms with E-state index >= 15 is 0 Å². The molecule has 0 fully saturated rings. The second-order valence-corrected chi connectivity index (χ2v) is 10.6. The standard InChI is InChI=1S/C25H24ClO3P/c1-4-18-10-8-11-19(5-2)23(18)24(27)20-13-15-21(16-14-20)30(26,29)25(28)22-12-7-6-9-17(22)3/h6-16H,4-5H2,1-3H3. The molecule has 5 heteroatoms. The summed E-state index contributed by atoms with van der Waals surface area (Å²) < 4.78 is 13.2. The normalized spacial score (nSPS) is 12.9. The number of carbonyl (C=O) groups is 2. The van der Waals surface area contributed by atoms with E-state index in [0.717, 1.165) is 35.1 Å². The van der Waals surface area contributed by atoms with Crippen LogP contribution in [0, 0.1) is 6.92 Å². The Morgan fingerprint density at radius 1 is 0.833 bits per heavy atom. The Kier molecular flexibility index (Phi) is 6.75. The minimum absolute atomic E-state index is 0.0783. The fraction of sp³-hybridized carbons (Fsp3) is 0.200. The van der Waals surface area contributed by atoms with Gasteiger partial charge in [-0.3, -0.25) is 14.2 Å². The van der Waals surface area contributed by atoms with Crippen LogP contribution in [0.1, 0.15) is 56.8 Å². The average molecular weight is 439 g/mol. The minimum Gasteiger partial charge on any atom is -0.293 e. The van der Waals surface area contributed by atoms with Crippen LogP contribution in [0.15, 0.2) is 66.7 Å². The quantitative estimate of drug-likeness (QED) is 0.320. The molecule has 0 aliphatic carbocycles. The molecule has 0 spiro atoms. The zero-order chi connectivity index (χ0) is 21.9. The van der Waals surface area contributed by atoms with Crippen molar-refractivity contribution in [1.82, 2.24) is 0 Å². The van der Waals surface area contributed by atoms with Crippen molar-refractivity contribution in [2.75, 3.05) is 0 Å². The molecule has 0 N–H and O–H groups in total. The summed E-state index contributed by atoms with van der Waals surface area (Å²) in [5.74, 6) is -0.0783. The zero-order valence-electron chi connectivity index (χ0n) is 17.3. The van der Waals surface area contributed by atoms with Gasteiger partial charge in [0.25, 0.3) is 6.49 Å². The summed E-state index contributed by atoms with van der Waals surface area (Å²) in [6.07, 6.45) is 1.52. The number of aryl methyl sites for hydroxylation is 3. The third kappa shape index (κ3) is 4.19. The van der Waals surface area contributed by atoms with Crippen LogP contribution in [0.2, 0.25) is 0 Å². The Labute approximate surface area is 182 Å². The van der Waals surface area contributed by atoms with E-state index in [1.54, 1.807) is 37.3 Å². The molecular formula is C25H24ClO3P. The topological polar surface area (TPSA) is 51.2 Å². The predicted molar refractivity (Wildman–Crippen MR) is 124 cm³/mol. The van der Waals surface area contributed by atoms with Crippen molar-refractivity contribution in [2.45, 2.75) is 33.6 Å². The lowest BCUT2D eigenvalue weighted by atomic mass is 9.91. The van der Waals surface area contributed by atoms with Gasteiger partial charge in [-0.2, -0.15) is 0 Å². The van der Waals surface area contributed by atoms with Gasteiger partial charge in [0.05, 0.1) is 0 Å². The highest BCUT2D eigenvalue weighted by molar-refractivity contribution is 8.07. The summed E-state index contributed by atoms with van der Waals surface area (Å²) in [5, 5.41) is 0.230. The predicted octanol–water partition coefficient (Wildman–Crippen LogP) is 6.33. The highest BCUT2D eigenvalue weighted by Crippen LogP contribution is 2.53. The molecule has 1 unspecified atom stereocenters. The fourth-order valence-electron chi connectivity index (χ4n) is 3.57. The van der Waals surface area contributed by atoms with E-state index in [0.29, 0.717) is 11.1 Å². The number of ketones is 1. The number of hydrogen-bond donors (Lipinski definition) is 0. The SMILES string of the molecule is CCc1cccc(CC)c1C(=O)c1ccc(P(=O)(Cl)C(=O)c2ccccc2C)cc1. The van der Waals surface area contributed by atoms with Gasteiger partial charge in [0, 0.05) is 22.0 Å². The highest BCUT2D eigenvalue weighted by atomic mass is 35.7. The van der Waals surface area contributed by atoms with Gasteiger partial charge in [0.15, 0.2) is 5.78 Å². The summed E-state index contributed by atoms with van der Waals surface area (Å²) in [7, 11) is 0. The van der Waals surface area contributed by atoms with Crippen molar-refractivity contribution < 1.29 is 14.2 Å². The summed E-state index contributed by atoms with van der Waals surface area (Å²) in [5.41, 5.74) is 3.68. The van der Waals surface area contributed by atoms with Crippen LogP contribution in [0.5, 0.6) is 0 Å². The molecule has 0 aliphatic heterocycles. The molecule has 0 aliphatic rings. The van der Waals surface area contributed by atoms with Crippen LogP contribution < -0.4 is 5.30 Å². The van der Waals surface area contributed by atoms with E-state index in [1.165, 1.54) is 12.1 Å². The first-order valence-electron chi connectivity index (χ1n) is 9.97. The van der Waals surface area contributed by atoms with E-state index < -0.39 is 12.0 Å². The van der Waals surface area contributed by atoms with Crippen LogP contribution in [-0.2, 0) is 17.4 Å². The second-order valence-electron chi connectivity index (χ2n) is 7.19. The molecule has 3 aromatic rings. The Bertz CT molecular complexity index is 1130. The Balaban J connectivity index is 1.96. The van der Waals surface area contributed by atoms with Gasteiger partial charge < -0.3 is 0 Å². The van der Waals surface area contributed by atoms with Crippen molar-refractivity contribution in [3.63, 3.8) is 0 Å². The number of benzene rings is 3. The van der Waals surface area contributed by atoms with Crippen LogP contribution >= 0.6 is 17.7 Å². The number of hydrogen-bond acceptors (Lipinski definition) is 3. The molecular weight excluding hydrogens is 415 g/mol. The van der Waals surface area contributed by atoms with Gasteiger partial charge in [-0.15, -0.1) is 0 Å². The van der Waals surface area contributed by atoms with Gasteiger partial charge in [-0.05, 0) is 59.8 Å². The van der Waals surface area contributed by atoms with Gasteiger partial charge >= 0.3 is 0 Å². The van der Waals surface area contributed by atoms with E-state index in [2.05, 4.69) is 0 Å². The van der Waals surface area contributed by atoms with Crippen molar-refractivity contribution in [3.05, 3.63) is 100 Å². The largest absolute Gasteiger partial charge is 0.293 e. The van der Waals surface area contributed by atoms with Crippen molar-refractivity contribution in [3.8, 4) is 0 Å². The lowest BCUT2D eigenvalue weighted by Gasteiger charge is -2.14. The Hall–Kier alpha value is -2.48. The number of carbonyl (C=O) groups excluding carboxylic acids is 2. The molecule has 0 saturated heterocycles. The molecule has 0 heterocycles. The molecule has 0 amide bonds. The molecule has 30 heavy (non-hydrogen) atoms. The van der Waals surface area contributed by atoms with E-state index in [1.807, 2.05) is 38.1 Å². The van der Waals surface area contributed by atoms with Crippen LogP contribution in [0.25, 0.3) is 0 Å². The highest BCUT2D eigenvalue weighted by Gasteiger charge is 2.33. The van der Waals surface area contributed by atoms with Crippen molar-refractivity contribution in [1.29, 1.82) is 0 Å². The third-order valence-electron chi connectivity index (χ3n) is 5.32. The maximum absolute atomic E-state index is 13.2. The van der Waals surface area contributed by atoms with Crippen LogP contribution in [-0.4, -0.2) is 11.3 Å². The summed E-state index contributed by atoms with van der Waals surface area (Å²) in [4.78, 5) is 26.0. The Morgan fingerprint density at radius 3 is 1.93 bits per heavy atom. The number of halogens is 1. The Morgan fingerprint density at radius 2 is 1.40 bits per heavy atom. The van der Waals surface area contributed by atoms with Crippen LogP contribution in [0.4, 0.5) is 0 Å². The summed E-state index contributed by atoms with van der Waals surface area (Å²) in [6.45, 7) is 2.01. The van der Waals surface area contributed by atoms with Crippen LogP contribution in [0.3, 0.4) is 0 Å². The molecule has 0 radical (unpaired) electrons. The summed E-state index contributed by atoms with van der Waals surface area (Å²) in [6, 6.07) is 19.1. The molecule has 0 aromatic heterocycles. The van der Waals surface area contributed by atoms with Gasteiger partial charge in [-0.25, -0.2) is 0 Å². The van der Waals surface area contributed by atoms with Crippen molar-refractivity contribution >= 4 is 34.3 Å². The first-order valence-corrected chi connectivity index (χ1v) is 12.6. The molecule has 3 nitrogen and oxygen atoms in total. The fourth-order valence-corrected chi connectivity index (χ4v) is 5.51. The lowest BCUT2D eigenvalue weighted by Crippen LogP contribution is -2.13. The molecule has 3 rings (SSSR count). The maximum atomic E-state index is 13.2. The number of rotatable bonds is 7. The second kappa shape index (κ2) is 9.12. The molecule has 3 aromatic carbocycles. The monoisotopic (exact) mass is 438 g/mol. The molecule has 1 atom stereocenters. The van der Waals surface area contributed by atoms with E-state index in [-0.39, 0.29) is 11.1 Å². The zero-order valence-corrected chi connectivity index (χ0v) is 19.0. The smallest absolute Gasteiger partial charge is 0.264 e. The maximum Gasteiger partial charge on any atom is 0.264 e. The molecule has 0 bridgehead atoms. The first kappa shape index (κ1) is 22.2. The third-order valence-corrected chi connectivity index (χ3v) is 8.10. The average Bonchev–Trinajstić information content (AvgIpc) is 2.77. The van der Waals surface area contributed by atoms with Gasteiger partial charge in [0.1, 0.15) is 0 Å². The summed E-state index contributed by atoms with van der Waals surface area (Å²) >= 11 is 6.28. The van der Waals surface area contributed by atoms with Gasteiger partial charge in [0.2, 0.25) is 5.52 Å². The lowest BCUT2D eigenvalue weighted by molar-refractivity contribution is 0.103. The van der Waals surface area contributed by atoms with E-state index in [4.69, 9.17) is 11.2 Å². The molecule has 0 saturated carbocycles. The van der Waals surface area contributed by atoms with Gasteiger partial charge in [-0.1, -0.05) is 68.4 Å². The van der Waals surface area contributed by atoms with Crippen molar-refractivity contribution in [2.24, 2.45) is 0 Å². The minimum atomic E-state index is -3.82. The molecule has 154 valence electrons. The van der Waals surface area contributed by atoms with E-state index in [9.17, 15) is 14.2 Å².